The van der Waals surface area contributed by atoms with Gasteiger partial charge < -0.3 is 9.64 Å². The lowest BCUT2D eigenvalue weighted by atomic mass is 10.1. The van der Waals surface area contributed by atoms with E-state index in [1.165, 1.54) is 5.56 Å². The molecule has 7 heteroatoms. The molecule has 1 heterocycles. The van der Waals surface area contributed by atoms with E-state index in [1.807, 2.05) is 43.0 Å². The van der Waals surface area contributed by atoms with Crippen LogP contribution in [0.3, 0.4) is 0 Å². The summed E-state index contributed by atoms with van der Waals surface area (Å²) in [5, 5.41) is 9.77. The maximum absolute atomic E-state index is 12.3. The van der Waals surface area contributed by atoms with E-state index in [2.05, 4.69) is 46.0 Å². The smallest absolute Gasteiger partial charge is 0.222 e. The van der Waals surface area contributed by atoms with Crippen LogP contribution in [0, 0.1) is 6.92 Å². The Hall–Kier alpha value is -2.80. The summed E-state index contributed by atoms with van der Waals surface area (Å²) in [6.07, 6.45) is 1.35. The first-order valence-corrected chi connectivity index (χ1v) is 11.6. The van der Waals surface area contributed by atoms with Crippen LogP contribution in [0.15, 0.2) is 53.7 Å². The zero-order valence-corrected chi connectivity index (χ0v) is 19.5. The fraction of sp³-hybridized carbons (Fsp3) is 0.375. The first kappa shape index (κ1) is 22.9. The lowest BCUT2D eigenvalue weighted by molar-refractivity contribution is -0.130. The maximum Gasteiger partial charge on any atom is 0.222 e. The van der Waals surface area contributed by atoms with Gasteiger partial charge in [-0.3, -0.25) is 9.36 Å². The van der Waals surface area contributed by atoms with Crippen LogP contribution in [0.2, 0.25) is 0 Å². The molecular formula is C24H30N4O2S. The number of rotatable bonds is 10. The second-order valence-corrected chi connectivity index (χ2v) is 8.29. The molecule has 0 N–H and O–H groups in total. The van der Waals surface area contributed by atoms with Crippen LogP contribution in [0.25, 0.3) is 17.1 Å². The number of thioether (sulfide) groups is 1. The second-order valence-electron chi connectivity index (χ2n) is 7.22. The van der Waals surface area contributed by atoms with Gasteiger partial charge in [-0.25, -0.2) is 0 Å². The normalized spacial score (nSPS) is 10.8. The maximum atomic E-state index is 12.3. The van der Waals surface area contributed by atoms with Crippen molar-refractivity contribution in [1.29, 1.82) is 0 Å². The highest BCUT2D eigenvalue weighted by molar-refractivity contribution is 7.99. The Morgan fingerprint density at radius 3 is 2.32 bits per heavy atom. The summed E-state index contributed by atoms with van der Waals surface area (Å²) in [6, 6.07) is 16.2. The number of methoxy groups -OCH3 is 1. The molecule has 0 aliphatic heterocycles. The molecule has 0 radical (unpaired) electrons. The monoisotopic (exact) mass is 438 g/mol. The van der Waals surface area contributed by atoms with Crippen LogP contribution in [0.1, 0.15) is 32.3 Å². The van der Waals surface area contributed by atoms with Gasteiger partial charge in [0.2, 0.25) is 5.91 Å². The third kappa shape index (κ3) is 5.67. The summed E-state index contributed by atoms with van der Waals surface area (Å²) in [5.41, 5.74) is 3.19. The minimum Gasteiger partial charge on any atom is -0.497 e. The minimum absolute atomic E-state index is 0.211. The van der Waals surface area contributed by atoms with Crippen molar-refractivity contribution in [2.45, 2.75) is 38.8 Å². The lowest BCUT2D eigenvalue weighted by Gasteiger charge is -2.18. The summed E-state index contributed by atoms with van der Waals surface area (Å²) < 4.78 is 7.37. The molecule has 0 aliphatic rings. The van der Waals surface area contributed by atoms with Gasteiger partial charge in [-0.2, -0.15) is 0 Å². The molecule has 1 aromatic heterocycles. The summed E-state index contributed by atoms with van der Waals surface area (Å²) >= 11 is 1.63. The average molecular weight is 439 g/mol. The molecule has 31 heavy (non-hydrogen) atoms. The number of nitrogens with zero attached hydrogens (tertiary/aromatic N) is 4. The number of amides is 1. The molecule has 1 amide bonds. The highest BCUT2D eigenvalue weighted by Crippen LogP contribution is 2.29. The summed E-state index contributed by atoms with van der Waals surface area (Å²) in [4.78, 5) is 14.1. The van der Waals surface area contributed by atoms with Gasteiger partial charge in [0.1, 0.15) is 5.75 Å². The number of benzene rings is 2. The molecule has 3 aromatic rings. The van der Waals surface area contributed by atoms with Crippen molar-refractivity contribution < 1.29 is 9.53 Å². The zero-order chi connectivity index (χ0) is 22.2. The molecule has 164 valence electrons. The zero-order valence-electron chi connectivity index (χ0n) is 18.7. The highest BCUT2D eigenvalue weighted by Gasteiger charge is 2.17. The third-order valence-corrected chi connectivity index (χ3v) is 6.17. The van der Waals surface area contributed by atoms with Crippen molar-refractivity contribution in [3.63, 3.8) is 0 Å². The number of aryl methyl sites for hydroxylation is 1. The van der Waals surface area contributed by atoms with Gasteiger partial charge in [0.25, 0.3) is 0 Å². The standard InChI is InChI=1S/C24H30N4O2S/c1-5-27(6-2)22(29)8-7-17-31-24-26-25-23(19-11-9-18(3)10-12-19)28(24)20-13-15-21(30-4)16-14-20/h9-16H,5-8,17H2,1-4H3. The van der Waals surface area contributed by atoms with E-state index in [4.69, 9.17) is 4.74 Å². The van der Waals surface area contributed by atoms with Gasteiger partial charge in [0.15, 0.2) is 11.0 Å². The van der Waals surface area contributed by atoms with E-state index >= 15 is 0 Å². The summed E-state index contributed by atoms with van der Waals surface area (Å²) in [7, 11) is 1.66. The molecule has 0 atom stereocenters. The van der Waals surface area contributed by atoms with Crippen LogP contribution >= 0.6 is 11.8 Å². The molecule has 0 unspecified atom stereocenters. The SMILES string of the molecule is CCN(CC)C(=O)CCCSc1nnc(-c2ccc(C)cc2)n1-c1ccc(OC)cc1. The molecule has 0 spiro atoms. The molecule has 2 aromatic carbocycles. The van der Waals surface area contributed by atoms with Gasteiger partial charge in [0, 0.05) is 36.5 Å². The van der Waals surface area contributed by atoms with Gasteiger partial charge in [0.05, 0.1) is 7.11 Å². The predicted molar refractivity (Wildman–Crippen MR) is 126 cm³/mol. The number of hydrogen-bond donors (Lipinski definition) is 0. The van der Waals surface area contributed by atoms with Crippen molar-refractivity contribution in [3.8, 4) is 22.8 Å². The van der Waals surface area contributed by atoms with E-state index in [-0.39, 0.29) is 5.91 Å². The topological polar surface area (TPSA) is 60.2 Å². The minimum atomic E-state index is 0.211. The molecule has 0 aliphatic carbocycles. The van der Waals surface area contributed by atoms with E-state index < -0.39 is 0 Å². The predicted octanol–water partition coefficient (Wildman–Crippen LogP) is 4.99. The van der Waals surface area contributed by atoms with Crippen LogP contribution in [0.4, 0.5) is 0 Å². The van der Waals surface area contributed by atoms with Crippen molar-refractivity contribution in [2.24, 2.45) is 0 Å². The Labute approximate surface area is 188 Å². The van der Waals surface area contributed by atoms with E-state index in [1.54, 1.807) is 18.9 Å². The largest absolute Gasteiger partial charge is 0.497 e. The van der Waals surface area contributed by atoms with Gasteiger partial charge in [-0.1, -0.05) is 41.6 Å². The molecule has 3 rings (SSSR count). The molecule has 6 nitrogen and oxygen atoms in total. The first-order chi connectivity index (χ1) is 15.1. The molecular weight excluding hydrogens is 408 g/mol. The fourth-order valence-corrected chi connectivity index (χ4v) is 4.23. The Kier molecular flexibility index (Phi) is 8.12. The first-order valence-electron chi connectivity index (χ1n) is 10.6. The summed E-state index contributed by atoms with van der Waals surface area (Å²) in [5.74, 6) is 2.61. The number of ether oxygens (including phenoxy) is 1. The van der Waals surface area contributed by atoms with Crippen LogP contribution < -0.4 is 4.74 Å². The second kappa shape index (κ2) is 11.0. The summed E-state index contributed by atoms with van der Waals surface area (Å²) in [6.45, 7) is 7.61. The van der Waals surface area contributed by atoms with Crippen molar-refractivity contribution >= 4 is 17.7 Å². The number of carbonyl (C=O) groups excluding carboxylic acids is 1. The van der Waals surface area contributed by atoms with Gasteiger partial charge in [-0.15, -0.1) is 10.2 Å². The van der Waals surface area contributed by atoms with Crippen molar-refractivity contribution in [1.82, 2.24) is 19.7 Å². The van der Waals surface area contributed by atoms with Gasteiger partial charge in [-0.05, 0) is 51.5 Å². The van der Waals surface area contributed by atoms with E-state index in [0.29, 0.717) is 6.42 Å². The molecule has 0 saturated heterocycles. The van der Waals surface area contributed by atoms with E-state index in [9.17, 15) is 4.79 Å². The fourth-order valence-electron chi connectivity index (χ4n) is 3.34. The Balaban J connectivity index is 1.81. The molecule has 0 saturated carbocycles. The Morgan fingerprint density at radius 2 is 1.71 bits per heavy atom. The van der Waals surface area contributed by atoms with Crippen molar-refractivity contribution in [3.05, 3.63) is 54.1 Å². The van der Waals surface area contributed by atoms with Crippen LogP contribution in [0.5, 0.6) is 5.75 Å². The Bertz CT molecular complexity index is 980. The molecule has 0 fully saturated rings. The number of aromatic nitrogens is 3. The Morgan fingerprint density at radius 1 is 1.03 bits per heavy atom. The number of hydrogen-bond acceptors (Lipinski definition) is 5. The highest BCUT2D eigenvalue weighted by atomic mass is 32.2. The van der Waals surface area contributed by atoms with Crippen LogP contribution in [-0.4, -0.2) is 51.5 Å². The van der Waals surface area contributed by atoms with Crippen LogP contribution in [-0.2, 0) is 4.79 Å². The average Bonchev–Trinajstić information content (AvgIpc) is 3.22. The van der Waals surface area contributed by atoms with E-state index in [0.717, 1.165) is 53.2 Å². The van der Waals surface area contributed by atoms with Crippen molar-refractivity contribution in [2.75, 3.05) is 26.0 Å². The quantitative estimate of drug-likeness (QED) is 0.330. The molecule has 0 bridgehead atoms. The lowest BCUT2D eigenvalue weighted by Crippen LogP contribution is -2.30. The van der Waals surface area contributed by atoms with Gasteiger partial charge >= 0.3 is 0 Å². The third-order valence-electron chi connectivity index (χ3n) is 5.16. The number of carbonyl (C=O) groups is 1.